The first-order valence-electron chi connectivity index (χ1n) is 4.93. The summed E-state index contributed by atoms with van der Waals surface area (Å²) in [6.07, 6.45) is 0. The van der Waals surface area contributed by atoms with Gasteiger partial charge in [-0.25, -0.2) is 0 Å². The molecule has 0 amide bonds. The highest BCUT2D eigenvalue weighted by Gasteiger charge is 2.13. The van der Waals surface area contributed by atoms with Gasteiger partial charge in [0.1, 0.15) is 0 Å². The van der Waals surface area contributed by atoms with E-state index >= 15 is 0 Å². The van der Waals surface area contributed by atoms with Gasteiger partial charge in [0.05, 0.1) is 0 Å². The molecule has 0 heteroatoms. The van der Waals surface area contributed by atoms with Crippen LogP contribution < -0.4 is 0 Å². The van der Waals surface area contributed by atoms with Gasteiger partial charge in [-0.3, -0.25) is 0 Å². The summed E-state index contributed by atoms with van der Waals surface area (Å²) in [4.78, 5) is 0. The Hall–Kier alpha value is -0.780. The monoisotopic (exact) mass is 175 g/mol. The zero-order chi connectivity index (χ0) is 10.1. The smallest absolute Gasteiger partial charge is 0.0132 e. The van der Waals surface area contributed by atoms with Gasteiger partial charge in [0.25, 0.3) is 0 Å². The second kappa shape index (κ2) is 3.53. The zero-order valence-electron chi connectivity index (χ0n) is 9.31. The molecule has 0 saturated carbocycles. The van der Waals surface area contributed by atoms with Gasteiger partial charge in [0, 0.05) is 0 Å². The van der Waals surface area contributed by atoms with Crippen LogP contribution in [0.15, 0.2) is 18.2 Å². The van der Waals surface area contributed by atoms with E-state index in [-0.39, 0.29) is 5.41 Å². The minimum atomic E-state index is 0.242. The van der Waals surface area contributed by atoms with E-state index in [0.29, 0.717) is 5.92 Å². The highest BCUT2D eigenvalue weighted by atomic mass is 14.2. The summed E-state index contributed by atoms with van der Waals surface area (Å²) < 4.78 is 0. The van der Waals surface area contributed by atoms with E-state index in [1.165, 1.54) is 11.1 Å². The number of hydrogen-bond donors (Lipinski definition) is 0. The zero-order valence-corrected chi connectivity index (χ0v) is 9.31. The minimum absolute atomic E-state index is 0.242. The summed E-state index contributed by atoms with van der Waals surface area (Å²) in [5.41, 5.74) is 2.90. The quantitative estimate of drug-likeness (QED) is 0.607. The molecular formula is C13H19. The van der Waals surface area contributed by atoms with Gasteiger partial charge in [-0.05, 0) is 28.5 Å². The first-order valence-corrected chi connectivity index (χ1v) is 4.93. The van der Waals surface area contributed by atoms with E-state index in [4.69, 9.17) is 0 Å². The topological polar surface area (TPSA) is 0 Å². The molecule has 0 aliphatic carbocycles. The van der Waals surface area contributed by atoms with Gasteiger partial charge in [0.2, 0.25) is 0 Å². The van der Waals surface area contributed by atoms with Crippen LogP contribution in [0.3, 0.4) is 0 Å². The van der Waals surface area contributed by atoms with Crippen molar-refractivity contribution in [1.82, 2.24) is 0 Å². The number of rotatable bonds is 1. The van der Waals surface area contributed by atoms with Crippen molar-refractivity contribution in [2.24, 2.45) is 0 Å². The fourth-order valence-corrected chi connectivity index (χ4v) is 1.26. The molecule has 0 aromatic heterocycles. The Labute approximate surface area is 82.0 Å². The lowest BCUT2D eigenvalue weighted by Gasteiger charge is -2.19. The van der Waals surface area contributed by atoms with Crippen LogP contribution in [0.25, 0.3) is 0 Å². The maximum absolute atomic E-state index is 3.34. The summed E-state index contributed by atoms with van der Waals surface area (Å²) in [6, 6.07) is 9.86. The van der Waals surface area contributed by atoms with E-state index in [0.717, 1.165) is 0 Å². The molecule has 0 spiro atoms. The first kappa shape index (κ1) is 10.3. The molecule has 0 aliphatic rings. The third-order valence-corrected chi connectivity index (χ3v) is 2.32. The van der Waals surface area contributed by atoms with E-state index in [2.05, 4.69) is 58.9 Å². The molecule has 0 bridgehead atoms. The van der Waals surface area contributed by atoms with Crippen molar-refractivity contribution in [3.05, 3.63) is 35.4 Å². The molecule has 0 aliphatic heterocycles. The van der Waals surface area contributed by atoms with Crippen molar-refractivity contribution >= 4 is 0 Å². The van der Waals surface area contributed by atoms with Crippen LogP contribution in [0.4, 0.5) is 0 Å². The molecule has 0 fully saturated rings. The van der Waals surface area contributed by atoms with E-state index in [1.54, 1.807) is 0 Å². The SMILES string of the molecule is CC(C)c1[c]cc(C(C)(C)C)cc1. The molecule has 1 aromatic rings. The van der Waals surface area contributed by atoms with Gasteiger partial charge >= 0.3 is 0 Å². The van der Waals surface area contributed by atoms with Crippen LogP contribution in [0.1, 0.15) is 51.7 Å². The third-order valence-electron chi connectivity index (χ3n) is 2.32. The summed E-state index contributed by atoms with van der Waals surface area (Å²) in [7, 11) is 0. The Bertz CT molecular complexity index is 259. The summed E-state index contributed by atoms with van der Waals surface area (Å²) in [5, 5.41) is 0. The molecule has 0 atom stereocenters. The second-order valence-electron chi connectivity index (χ2n) is 4.94. The van der Waals surface area contributed by atoms with E-state index in [1.807, 2.05) is 0 Å². The molecule has 0 heterocycles. The van der Waals surface area contributed by atoms with Crippen LogP contribution in [0.2, 0.25) is 0 Å². The van der Waals surface area contributed by atoms with Gasteiger partial charge in [-0.2, -0.15) is 0 Å². The van der Waals surface area contributed by atoms with Crippen LogP contribution in [0.5, 0.6) is 0 Å². The van der Waals surface area contributed by atoms with Crippen molar-refractivity contribution in [1.29, 1.82) is 0 Å². The van der Waals surface area contributed by atoms with Crippen LogP contribution in [0, 0.1) is 6.07 Å². The minimum Gasteiger partial charge on any atom is -0.0587 e. The van der Waals surface area contributed by atoms with E-state index in [9.17, 15) is 0 Å². The molecule has 1 aromatic carbocycles. The maximum Gasteiger partial charge on any atom is -0.0132 e. The molecule has 13 heavy (non-hydrogen) atoms. The number of benzene rings is 1. The molecule has 1 radical (unpaired) electrons. The second-order valence-corrected chi connectivity index (χ2v) is 4.94. The molecule has 0 unspecified atom stereocenters. The molecule has 0 nitrogen and oxygen atoms in total. The lowest BCUT2D eigenvalue weighted by Crippen LogP contribution is -2.10. The van der Waals surface area contributed by atoms with Crippen LogP contribution in [-0.4, -0.2) is 0 Å². The van der Waals surface area contributed by atoms with Gasteiger partial charge in [-0.1, -0.05) is 52.8 Å². The average molecular weight is 175 g/mol. The molecule has 0 saturated heterocycles. The Morgan fingerprint density at radius 2 is 1.77 bits per heavy atom. The Morgan fingerprint density at radius 1 is 1.15 bits per heavy atom. The lowest BCUT2D eigenvalue weighted by molar-refractivity contribution is 0.589. The highest BCUT2D eigenvalue weighted by molar-refractivity contribution is 5.27. The van der Waals surface area contributed by atoms with Crippen molar-refractivity contribution < 1.29 is 0 Å². The number of hydrogen-bond acceptors (Lipinski definition) is 0. The normalized spacial score (nSPS) is 12.2. The Balaban J connectivity index is 2.94. The highest BCUT2D eigenvalue weighted by Crippen LogP contribution is 2.23. The molecule has 71 valence electrons. The van der Waals surface area contributed by atoms with Crippen LogP contribution in [-0.2, 0) is 5.41 Å². The molecular weight excluding hydrogens is 156 g/mol. The third kappa shape index (κ3) is 2.58. The Kier molecular flexibility index (Phi) is 2.80. The van der Waals surface area contributed by atoms with Gasteiger partial charge in [-0.15, -0.1) is 0 Å². The summed E-state index contributed by atoms with van der Waals surface area (Å²) in [6.45, 7) is 11.1. The summed E-state index contributed by atoms with van der Waals surface area (Å²) in [5.74, 6) is 0.578. The molecule has 0 N–H and O–H groups in total. The lowest BCUT2D eigenvalue weighted by atomic mass is 9.86. The predicted molar refractivity (Wildman–Crippen MR) is 58.1 cm³/mol. The van der Waals surface area contributed by atoms with Crippen molar-refractivity contribution in [3.63, 3.8) is 0 Å². The standard InChI is InChI=1S/C13H19/c1-10(2)11-6-8-12(9-7-11)13(3,4)5/h6,8-10H,1-5H3. The summed E-state index contributed by atoms with van der Waals surface area (Å²) >= 11 is 0. The van der Waals surface area contributed by atoms with Crippen molar-refractivity contribution in [2.75, 3.05) is 0 Å². The van der Waals surface area contributed by atoms with Crippen molar-refractivity contribution in [2.45, 2.75) is 46.0 Å². The maximum atomic E-state index is 3.34. The Morgan fingerprint density at radius 3 is 2.08 bits per heavy atom. The fraction of sp³-hybridized carbons (Fsp3) is 0.538. The fourth-order valence-electron chi connectivity index (χ4n) is 1.26. The largest absolute Gasteiger partial charge is 0.0587 e. The van der Waals surface area contributed by atoms with Gasteiger partial charge in [0.15, 0.2) is 0 Å². The average Bonchev–Trinajstić information content (AvgIpc) is 2.03. The predicted octanol–water partition coefficient (Wildman–Crippen LogP) is 3.91. The first-order chi connectivity index (χ1) is 5.91. The molecule has 1 rings (SSSR count). The van der Waals surface area contributed by atoms with Crippen LogP contribution >= 0.6 is 0 Å². The van der Waals surface area contributed by atoms with Crippen molar-refractivity contribution in [3.8, 4) is 0 Å². The van der Waals surface area contributed by atoms with Gasteiger partial charge < -0.3 is 0 Å². The van der Waals surface area contributed by atoms with E-state index < -0.39 is 0 Å².